The van der Waals surface area contributed by atoms with E-state index < -0.39 is 5.97 Å². The van der Waals surface area contributed by atoms with Crippen molar-refractivity contribution in [2.75, 3.05) is 33.4 Å². The highest BCUT2D eigenvalue weighted by Gasteiger charge is 2.10. The van der Waals surface area contributed by atoms with Crippen LogP contribution in [-0.2, 0) is 9.53 Å². The van der Waals surface area contributed by atoms with Crippen LogP contribution in [0.5, 0.6) is 0 Å². The van der Waals surface area contributed by atoms with Gasteiger partial charge in [-0.15, -0.1) is 0 Å². The van der Waals surface area contributed by atoms with E-state index >= 15 is 0 Å². The Bertz CT molecular complexity index is 258. The van der Waals surface area contributed by atoms with E-state index in [2.05, 4.69) is 6.58 Å². The zero-order valence-electron chi connectivity index (χ0n) is 8.90. The van der Waals surface area contributed by atoms with Crippen LogP contribution < -0.4 is 0 Å². The molecule has 0 spiro atoms. The molecule has 0 radical (unpaired) electrons. The van der Waals surface area contributed by atoms with Crippen molar-refractivity contribution in [3.63, 3.8) is 0 Å². The number of rotatable bonds is 8. The minimum Gasteiger partial charge on any atom is -0.478 e. The number of carboxylic acids is 1. The molecule has 5 nitrogen and oxygen atoms in total. The van der Waals surface area contributed by atoms with Crippen molar-refractivity contribution >= 4 is 5.97 Å². The molecule has 0 unspecified atom stereocenters. The number of carboxylic acid groups (broad SMARTS) is 1. The maximum Gasteiger partial charge on any atom is 0.332 e. The molecule has 5 heteroatoms. The number of ether oxygens (including phenoxy) is 1. The molecule has 0 saturated heterocycles. The zero-order valence-corrected chi connectivity index (χ0v) is 8.90. The molecule has 0 amide bonds. The Hall–Kier alpha value is -1.38. The third-order valence-electron chi connectivity index (χ3n) is 1.87. The van der Waals surface area contributed by atoms with E-state index in [1.54, 1.807) is 7.11 Å². The van der Waals surface area contributed by atoms with Gasteiger partial charge in [0.05, 0.1) is 12.7 Å². The van der Waals surface area contributed by atoms with E-state index in [0.29, 0.717) is 26.1 Å². The average Bonchev–Trinajstić information content (AvgIpc) is 2.21. The highest BCUT2D eigenvalue weighted by molar-refractivity contribution is 5.86. The first-order valence-corrected chi connectivity index (χ1v) is 4.61. The van der Waals surface area contributed by atoms with Crippen LogP contribution in [-0.4, -0.2) is 49.3 Å². The van der Waals surface area contributed by atoms with E-state index in [-0.39, 0.29) is 12.1 Å². The molecule has 0 rings (SSSR count). The molecule has 0 saturated carbocycles. The van der Waals surface area contributed by atoms with Crippen LogP contribution >= 0.6 is 0 Å². The molecule has 0 atom stereocenters. The quantitative estimate of drug-likeness (QED) is 0.593. The second-order valence-corrected chi connectivity index (χ2v) is 3.09. The molecule has 0 aromatic heterocycles. The monoisotopic (exact) mass is 212 g/mol. The van der Waals surface area contributed by atoms with Crippen LogP contribution in [0.4, 0.5) is 0 Å². The lowest BCUT2D eigenvalue weighted by molar-refractivity contribution is -0.132. The Kier molecular flexibility index (Phi) is 7.24. The van der Waals surface area contributed by atoms with Gasteiger partial charge in [0.15, 0.2) is 0 Å². The summed E-state index contributed by atoms with van der Waals surface area (Å²) in [6, 6.07) is 2.02. The highest BCUT2D eigenvalue weighted by atomic mass is 16.5. The molecule has 1 N–H and O–H groups in total. The van der Waals surface area contributed by atoms with Crippen LogP contribution in [0.25, 0.3) is 0 Å². The van der Waals surface area contributed by atoms with Crippen LogP contribution in [0.2, 0.25) is 0 Å². The highest BCUT2D eigenvalue weighted by Crippen LogP contribution is 1.98. The third-order valence-corrected chi connectivity index (χ3v) is 1.87. The van der Waals surface area contributed by atoms with E-state index in [1.807, 2.05) is 11.0 Å². The van der Waals surface area contributed by atoms with Crippen molar-refractivity contribution in [3.8, 4) is 6.07 Å². The standard InChI is InChI=1S/C10H16N2O3/c1-9(10(13)14)8-12(5-3-4-11)6-7-15-2/h1,3,5-8H2,2H3,(H,13,14). The summed E-state index contributed by atoms with van der Waals surface area (Å²) in [4.78, 5) is 12.4. The van der Waals surface area contributed by atoms with Crippen LogP contribution in [0.1, 0.15) is 6.42 Å². The fourth-order valence-electron chi connectivity index (χ4n) is 1.04. The molecule has 0 aliphatic rings. The molecule has 0 aliphatic carbocycles. The van der Waals surface area contributed by atoms with Gasteiger partial charge in [-0.05, 0) is 0 Å². The molecule has 84 valence electrons. The average molecular weight is 212 g/mol. The second kappa shape index (κ2) is 7.97. The molecule has 0 fully saturated rings. The van der Waals surface area contributed by atoms with E-state index in [9.17, 15) is 4.79 Å². The number of hydrogen-bond donors (Lipinski definition) is 1. The predicted octanol–water partition coefficient (Wildman–Crippen LogP) is 0.489. The first-order valence-electron chi connectivity index (χ1n) is 4.61. The number of nitriles is 1. The van der Waals surface area contributed by atoms with Gasteiger partial charge in [0.1, 0.15) is 0 Å². The van der Waals surface area contributed by atoms with Gasteiger partial charge in [-0.3, -0.25) is 4.90 Å². The van der Waals surface area contributed by atoms with Gasteiger partial charge in [-0.2, -0.15) is 5.26 Å². The number of methoxy groups -OCH3 is 1. The lowest BCUT2D eigenvalue weighted by Crippen LogP contribution is -2.31. The summed E-state index contributed by atoms with van der Waals surface area (Å²) in [6.07, 6.45) is 0.372. The number of nitrogens with zero attached hydrogens (tertiary/aromatic N) is 2. The van der Waals surface area contributed by atoms with Crippen molar-refractivity contribution in [1.82, 2.24) is 4.90 Å². The third kappa shape index (κ3) is 6.66. The summed E-state index contributed by atoms with van der Waals surface area (Å²) < 4.78 is 4.89. The molecule has 15 heavy (non-hydrogen) atoms. The molecule has 0 heterocycles. The topological polar surface area (TPSA) is 73.6 Å². The van der Waals surface area contributed by atoms with Gasteiger partial charge in [0, 0.05) is 38.7 Å². The summed E-state index contributed by atoms with van der Waals surface area (Å²) in [5, 5.41) is 17.1. The minimum atomic E-state index is -1.01. The fraction of sp³-hybridized carbons (Fsp3) is 0.600. The van der Waals surface area contributed by atoms with Gasteiger partial charge in [0.25, 0.3) is 0 Å². The summed E-state index contributed by atoms with van der Waals surface area (Å²) in [6.45, 7) is 5.36. The Labute approximate surface area is 89.6 Å². The first kappa shape index (κ1) is 13.6. The summed E-state index contributed by atoms with van der Waals surface area (Å²) in [5.41, 5.74) is 0.129. The van der Waals surface area contributed by atoms with Crippen molar-refractivity contribution in [2.45, 2.75) is 6.42 Å². The Morgan fingerprint density at radius 1 is 1.60 bits per heavy atom. The zero-order chi connectivity index (χ0) is 11.7. The number of hydrogen-bond acceptors (Lipinski definition) is 4. The summed E-state index contributed by atoms with van der Waals surface area (Å²) in [7, 11) is 1.58. The largest absolute Gasteiger partial charge is 0.478 e. The molecule has 0 bridgehead atoms. The van der Waals surface area contributed by atoms with Crippen molar-refractivity contribution in [3.05, 3.63) is 12.2 Å². The van der Waals surface area contributed by atoms with Crippen molar-refractivity contribution in [2.24, 2.45) is 0 Å². The predicted molar refractivity (Wildman–Crippen MR) is 55.3 cm³/mol. The Morgan fingerprint density at radius 3 is 2.73 bits per heavy atom. The van der Waals surface area contributed by atoms with E-state index in [1.165, 1.54) is 0 Å². The molecule has 0 aliphatic heterocycles. The van der Waals surface area contributed by atoms with Crippen LogP contribution in [0.3, 0.4) is 0 Å². The van der Waals surface area contributed by atoms with Gasteiger partial charge in [-0.25, -0.2) is 4.79 Å². The van der Waals surface area contributed by atoms with E-state index in [4.69, 9.17) is 15.1 Å². The smallest absolute Gasteiger partial charge is 0.332 e. The maximum atomic E-state index is 10.6. The normalized spacial score (nSPS) is 9.93. The second-order valence-electron chi connectivity index (χ2n) is 3.09. The SMILES string of the molecule is C=C(CN(CCC#N)CCOC)C(=O)O. The number of aliphatic carboxylic acids is 1. The Morgan fingerprint density at radius 2 is 2.27 bits per heavy atom. The first-order chi connectivity index (χ1) is 7.11. The maximum absolute atomic E-state index is 10.6. The molecular weight excluding hydrogens is 196 g/mol. The molecular formula is C10H16N2O3. The van der Waals surface area contributed by atoms with Crippen molar-refractivity contribution < 1.29 is 14.6 Å². The Balaban J connectivity index is 4.05. The molecule has 0 aromatic carbocycles. The summed E-state index contributed by atoms with van der Waals surface area (Å²) >= 11 is 0. The van der Waals surface area contributed by atoms with Gasteiger partial charge >= 0.3 is 5.97 Å². The number of carbonyl (C=O) groups is 1. The van der Waals surface area contributed by atoms with Crippen LogP contribution in [0.15, 0.2) is 12.2 Å². The minimum absolute atomic E-state index is 0.129. The lowest BCUT2D eigenvalue weighted by Gasteiger charge is -2.20. The van der Waals surface area contributed by atoms with Crippen molar-refractivity contribution in [1.29, 1.82) is 5.26 Å². The lowest BCUT2D eigenvalue weighted by atomic mass is 10.2. The van der Waals surface area contributed by atoms with Gasteiger partial charge in [-0.1, -0.05) is 6.58 Å². The van der Waals surface area contributed by atoms with Crippen LogP contribution in [0, 0.1) is 11.3 Å². The van der Waals surface area contributed by atoms with Gasteiger partial charge < -0.3 is 9.84 Å². The fourth-order valence-corrected chi connectivity index (χ4v) is 1.04. The summed E-state index contributed by atoms with van der Waals surface area (Å²) in [5.74, 6) is -1.01. The molecule has 0 aromatic rings. The van der Waals surface area contributed by atoms with E-state index in [0.717, 1.165) is 0 Å². The van der Waals surface area contributed by atoms with Gasteiger partial charge in [0.2, 0.25) is 0 Å².